The minimum atomic E-state index is -0.419. The maximum Gasteiger partial charge on any atom is 0.414 e. The number of benzene rings is 1. The molecule has 2 rings (SSSR count). The number of amides is 1. The fourth-order valence-electron chi connectivity index (χ4n) is 1.85. The Morgan fingerprint density at radius 2 is 2.22 bits per heavy atom. The van der Waals surface area contributed by atoms with Crippen molar-refractivity contribution in [3.8, 4) is 11.5 Å². The quantitative estimate of drug-likeness (QED) is 0.865. The monoisotopic (exact) mass is 252 g/mol. The largest absolute Gasteiger partial charge is 0.497 e. The van der Waals surface area contributed by atoms with Crippen LogP contribution in [0.4, 0.5) is 10.5 Å². The Balaban J connectivity index is 2.34. The molecule has 0 saturated carbocycles. The van der Waals surface area contributed by atoms with Crippen LogP contribution < -0.4 is 20.1 Å². The number of hydrogen-bond donors (Lipinski definition) is 1. The van der Waals surface area contributed by atoms with Gasteiger partial charge in [0.05, 0.1) is 26.5 Å². The average molecular weight is 252 g/mol. The number of carbonyl (C=O) groups excluding carboxylic acids is 1. The zero-order valence-electron chi connectivity index (χ0n) is 10.4. The van der Waals surface area contributed by atoms with E-state index in [-0.39, 0.29) is 6.10 Å². The molecule has 1 fully saturated rings. The number of methoxy groups -OCH3 is 2. The molecule has 6 heteroatoms. The highest BCUT2D eigenvalue weighted by atomic mass is 16.6. The second kappa shape index (κ2) is 5.14. The molecule has 18 heavy (non-hydrogen) atoms. The molecule has 6 nitrogen and oxygen atoms in total. The summed E-state index contributed by atoms with van der Waals surface area (Å²) in [6.07, 6.45) is -0.703. The third-order valence-corrected chi connectivity index (χ3v) is 2.81. The van der Waals surface area contributed by atoms with Gasteiger partial charge in [-0.3, -0.25) is 4.90 Å². The summed E-state index contributed by atoms with van der Waals surface area (Å²) >= 11 is 0. The van der Waals surface area contributed by atoms with Gasteiger partial charge in [0.25, 0.3) is 0 Å². The lowest BCUT2D eigenvalue weighted by molar-refractivity contribution is 0.145. The molecule has 98 valence electrons. The van der Waals surface area contributed by atoms with Gasteiger partial charge in [-0.05, 0) is 12.1 Å². The van der Waals surface area contributed by atoms with Gasteiger partial charge < -0.3 is 19.9 Å². The number of nitrogens with zero attached hydrogens (tertiary/aromatic N) is 1. The molecule has 1 aromatic carbocycles. The molecule has 1 aliphatic rings. The van der Waals surface area contributed by atoms with E-state index in [2.05, 4.69) is 0 Å². The van der Waals surface area contributed by atoms with Crippen LogP contribution in [0.2, 0.25) is 0 Å². The molecule has 2 N–H and O–H groups in total. The molecule has 1 heterocycles. The minimum absolute atomic E-state index is 0.284. The van der Waals surface area contributed by atoms with Crippen LogP contribution in [0.15, 0.2) is 18.2 Å². The van der Waals surface area contributed by atoms with Crippen LogP contribution in [-0.4, -0.2) is 39.5 Å². The first-order chi connectivity index (χ1) is 8.69. The Hall–Kier alpha value is -1.95. The van der Waals surface area contributed by atoms with Crippen LogP contribution in [0, 0.1) is 0 Å². The Morgan fingerprint density at radius 1 is 1.44 bits per heavy atom. The smallest absolute Gasteiger partial charge is 0.414 e. The number of ether oxygens (including phenoxy) is 3. The van der Waals surface area contributed by atoms with Crippen LogP contribution >= 0.6 is 0 Å². The first-order valence-electron chi connectivity index (χ1n) is 5.59. The summed E-state index contributed by atoms with van der Waals surface area (Å²) in [5.74, 6) is 1.24. The van der Waals surface area contributed by atoms with Crippen molar-refractivity contribution in [2.45, 2.75) is 6.10 Å². The predicted molar refractivity (Wildman–Crippen MR) is 66.2 cm³/mol. The second-order valence-electron chi connectivity index (χ2n) is 3.89. The van der Waals surface area contributed by atoms with E-state index in [4.69, 9.17) is 19.9 Å². The summed E-state index contributed by atoms with van der Waals surface area (Å²) < 4.78 is 15.5. The summed E-state index contributed by atoms with van der Waals surface area (Å²) in [6, 6.07) is 5.25. The van der Waals surface area contributed by atoms with Gasteiger partial charge in [0.15, 0.2) is 0 Å². The molecule has 0 aromatic heterocycles. The fraction of sp³-hybridized carbons (Fsp3) is 0.417. The Bertz CT molecular complexity index is 450. The van der Waals surface area contributed by atoms with Gasteiger partial charge >= 0.3 is 6.09 Å². The van der Waals surface area contributed by atoms with Crippen molar-refractivity contribution in [1.29, 1.82) is 0 Å². The van der Waals surface area contributed by atoms with Crippen molar-refractivity contribution in [3.05, 3.63) is 18.2 Å². The average Bonchev–Trinajstić information content (AvgIpc) is 2.79. The van der Waals surface area contributed by atoms with Gasteiger partial charge in [-0.1, -0.05) is 0 Å². The van der Waals surface area contributed by atoms with Crippen molar-refractivity contribution in [1.82, 2.24) is 0 Å². The third-order valence-electron chi connectivity index (χ3n) is 2.81. The zero-order chi connectivity index (χ0) is 13.1. The third kappa shape index (κ3) is 2.19. The number of nitrogens with two attached hydrogens (primary N) is 1. The van der Waals surface area contributed by atoms with E-state index in [1.54, 1.807) is 32.4 Å². The van der Waals surface area contributed by atoms with Crippen molar-refractivity contribution >= 4 is 11.8 Å². The highest BCUT2D eigenvalue weighted by Gasteiger charge is 2.33. The summed E-state index contributed by atoms with van der Waals surface area (Å²) in [5.41, 5.74) is 6.13. The highest BCUT2D eigenvalue weighted by Crippen LogP contribution is 2.34. The molecular formula is C12H16N2O4. The topological polar surface area (TPSA) is 74.0 Å². The first-order valence-corrected chi connectivity index (χ1v) is 5.59. The van der Waals surface area contributed by atoms with Gasteiger partial charge in [0, 0.05) is 12.6 Å². The number of carbonyl (C=O) groups is 1. The normalized spacial score (nSPS) is 18.7. The molecule has 1 atom stereocenters. The van der Waals surface area contributed by atoms with Gasteiger partial charge in [-0.15, -0.1) is 0 Å². The Labute approximate surface area is 105 Å². The number of anilines is 1. The van der Waals surface area contributed by atoms with Crippen molar-refractivity contribution < 1.29 is 19.0 Å². The Morgan fingerprint density at radius 3 is 2.78 bits per heavy atom. The van der Waals surface area contributed by atoms with Gasteiger partial charge in [0.2, 0.25) is 0 Å². The van der Waals surface area contributed by atoms with E-state index in [1.165, 1.54) is 4.90 Å². The van der Waals surface area contributed by atoms with Crippen LogP contribution in [0.1, 0.15) is 0 Å². The number of cyclic esters (lactones) is 1. The van der Waals surface area contributed by atoms with Gasteiger partial charge in [-0.2, -0.15) is 0 Å². The van der Waals surface area contributed by atoms with Crippen molar-refractivity contribution in [2.75, 3.05) is 32.2 Å². The molecule has 1 unspecified atom stereocenters. The van der Waals surface area contributed by atoms with Crippen LogP contribution in [-0.2, 0) is 4.74 Å². The lowest BCUT2D eigenvalue weighted by Gasteiger charge is -2.17. The second-order valence-corrected chi connectivity index (χ2v) is 3.89. The van der Waals surface area contributed by atoms with E-state index < -0.39 is 6.09 Å². The van der Waals surface area contributed by atoms with Crippen LogP contribution in [0.25, 0.3) is 0 Å². The predicted octanol–water partition coefficient (Wildman–Crippen LogP) is 0.988. The summed E-state index contributed by atoms with van der Waals surface area (Å²) in [4.78, 5) is 13.3. The lowest BCUT2D eigenvalue weighted by Crippen LogP contribution is -2.27. The summed E-state index contributed by atoms with van der Waals surface area (Å²) in [6.45, 7) is 0.716. The summed E-state index contributed by atoms with van der Waals surface area (Å²) in [7, 11) is 3.11. The van der Waals surface area contributed by atoms with Gasteiger partial charge in [0.1, 0.15) is 17.6 Å². The molecule has 0 radical (unpaired) electrons. The standard InChI is InChI=1S/C12H16N2O4/c1-16-8-3-4-11(17-2)10(5-8)14-7-9(6-13)18-12(14)15/h3-5,9H,6-7,13H2,1-2H3. The molecule has 0 aliphatic carbocycles. The maximum atomic E-state index is 11.8. The molecular weight excluding hydrogens is 236 g/mol. The number of rotatable bonds is 4. The molecule has 1 amide bonds. The lowest BCUT2D eigenvalue weighted by atomic mass is 10.2. The Kier molecular flexibility index (Phi) is 3.57. The molecule has 1 saturated heterocycles. The molecule has 0 spiro atoms. The maximum absolute atomic E-state index is 11.8. The molecule has 1 aliphatic heterocycles. The fourth-order valence-corrected chi connectivity index (χ4v) is 1.85. The highest BCUT2D eigenvalue weighted by molar-refractivity contribution is 5.92. The van der Waals surface area contributed by atoms with E-state index in [9.17, 15) is 4.79 Å². The van der Waals surface area contributed by atoms with Crippen molar-refractivity contribution in [3.63, 3.8) is 0 Å². The number of hydrogen-bond acceptors (Lipinski definition) is 5. The molecule has 0 bridgehead atoms. The van der Waals surface area contributed by atoms with E-state index in [0.717, 1.165) is 0 Å². The minimum Gasteiger partial charge on any atom is -0.497 e. The zero-order valence-corrected chi connectivity index (χ0v) is 10.4. The molecule has 1 aromatic rings. The van der Waals surface area contributed by atoms with E-state index in [0.29, 0.717) is 30.3 Å². The van der Waals surface area contributed by atoms with Crippen LogP contribution in [0.5, 0.6) is 11.5 Å². The SMILES string of the molecule is COc1ccc(OC)c(N2CC(CN)OC2=O)c1. The van der Waals surface area contributed by atoms with Gasteiger partial charge in [-0.25, -0.2) is 4.79 Å². The first kappa shape index (κ1) is 12.5. The van der Waals surface area contributed by atoms with E-state index >= 15 is 0 Å². The summed E-state index contributed by atoms with van der Waals surface area (Å²) in [5, 5.41) is 0. The van der Waals surface area contributed by atoms with E-state index in [1.807, 2.05) is 0 Å². The van der Waals surface area contributed by atoms with Crippen molar-refractivity contribution in [2.24, 2.45) is 5.73 Å². The van der Waals surface area contributed by atoms with Crippen LogP contribution in [0.3, 0.4) is 0 Å².